The van der Waals surface area contributed by atoms with Crippen molar-refractivity contribution in [3.8, 4) is 0 Å². The van der Waals surface area contributed by atoms with Crippen LogP contribution in [0.1, 0.15) is 28.6 Å². The van der Waals surface area contributed by atoms with E-state index in [0.717, 1.165) is 28.7 Å². The van der Waals surface area contributed by atoms with E-state index in [9.17, 15) is 4.79 Å². The number of benzene rings is 1. The summed E-state index contributed by atoms with van der Waals surface area (Å²) >= 11 is 1.47. The molecule has 112 valence electrons. The van der Waals surface area contributed by atoms with Crippen molar-refractivity contribution in [3.05, 3.63) is 28.6 Å². The first-order valence-electron chi connectivity index (χ1n) is 7.25. The number of nitrogen functional groups attached to an aromatic ring is 1. The van der Waals surface area contributed by atoms with Gasteiger partial charge in [-0.2, -0.15) is 0 Å². The molecule has 0 radical (unpaired) electrons. The zero-order valence-electron chi connectivity index (χ0n) is 12.3. The molecule has 1 aromatic carbocycles. The molecule has 1 amide bonds. The highest BCUT2D eigenvalue weighted by Crippen LogP contribution is 2.35. The van der Waals surface area contributed by atoms with Gasteiger partial charge in [0.15, 0.2) is 0 Å². The van der Waals surface area contributed by atoms with Crippen LogP contribution in [0.15, 0.2) is 18.2 Å². The van der Waals surface area contributed by atoms with Gasteiger partial charge in [0, 0.05) is 29.2 Å². The largest absolute Gasteiger partial charge is 0.397 e. The van der Waals surface area contributed by atoms with Crippen molar-refractivity contribution < 1.29 is 9.53 Å². The molecule has 5 heteroatoms. The first-order valence-corrected chi connectivity index (χ1v) is 8.07. The molecule has 0 aliphatic carbocycles. The number of thiophene rings is 1. The molecule has 3 rings (SSSR count). The van der Waals surface area contributed by atoms with Crippen LogP contribution in [-0.4, -0.2) is 25.2 Å². The lowest BCUT2D eigenvalue weighted by Gasteiger charge is -2.14. The third kappa shape index (κ3) is 2.63. The summed E-state index contributed by atoms with van der Waals surface area (Å²) in [5, 5.41) is 3.98. The number of anilines is 1. The molecule has 0 bridgehead atoms. The predicted octanol–water partition coefficient (Wildman–Crippen LogP) is 2.95. The van der Waals surface area contributed by atoms with Crippen molar-refractivity contribution in [2.24, 2.45) is 5.92 Å². The molecule has 21 heavy (non-hydrogen) atoms. The number of ether oxygens (including phenoxy) is 1. The third-order valence-corrected chi connectivity index (χ3v) is 5.57. The molecule has 3 N–H and O–H groups in total. The van der Waals surface area contributed by atoms with E-state index in [1.807, 2.05) is 25.1 Å². The molecule has 2 unspecified atom stereocenters. The lowest BCUT2D eigenvalue weighted by atomic mass is 10.0. The Morgan fingerprint density at radius 1 is 1.52 bits per heavy atom. The summed E-state index contributed by atoms with van der Waals surface area (Å²) in [6, 6.07) is 5.98. The van der Waals surface area contributed by atoms with Crippen LogP contribution in [0.4, 0.5) is 5.69 Å². The van der Waals surface area contributed by atoms with Crippen LogP contribution in [0, 0.1) is 12.8 Å². The average Bonchev–Trinajstić information content (AvgIpc) is 3.02. The van der Waals surface area contributed by atoms with Gasteiger partial charge in [0.2, 0.25) is 0 Å². The first kappa shape index (κ1) is 14.4. The number of nitrogens with two attached hydrogens (primary N) is 1. The Kier molecular flexibility index (Phi) is 3.87. The van der Waals surface area contributed by atoms with Crippen molar-refractivity contribution in [1.82, 2.24) is 5.32 Å². The maximum Gasteiger partial charge on any atom is 0.263 e. The van der Waals surface area contributed by atoms with E-state index >= 15 is 0 Å². The van der Waals surface area contributed by atoms with Crippen molar-refractivity contribution in [2.75, 3.05) is 18.9 Å². The molecule has 0 saturated carbocycles. The highest BCUT2D eigenvalue weighted by Gasteiger charge is 2.25. The lowest BCUT2D eigenvalue weighted by molar-refractivity contribution is 0.0911. The fraction of sp³-hybridized carbons (Fsp3) is 0.438. The fourth-order valence-electron chi connectivity index (χ4n) is 2.80. The summed E-state index contributed by atoms with van der Waals surface area (Å²) < 4.78 is 6.61. The predicted molar refractivity (Wildman–Crippen MR) is 86.8 cm³/mol. The first-order chi connectivity index (χ1) is 10.1. The van der Waals surface area contributed by atoms with E-state index in [1.165, 1.54) is 11.3 Å². The van der Waals surface area contributed by atoms with E-state index in [-0.39, 0.29) is 12.0 Å². The van der Waals surface area contributed by atoms with Gasteiger partial charge < -0.3 is 15.8 Å². The Bertz CT molecular complexity index is 680. The Morgan fingerprint density at radius 2 is 2.33 bits per heavy atom. The smallest absolute Gasteiger partial charge is 0.263 e. The van der Waals surface area contributed by atoms with Gasteiger partial charge in [0.1, 0.15) is 4.88 Å². The quantitative estimate of drug-likeness (QED) is 0.916. The minimum absolute atomic E-state index is 0.0767. The van der Waals surface area contributed by atoms with Crippen LogP contribution in [0.3, 0.4) is 0 Å². The summed E-state index contributed by atoms with van der Waals surface area (Å²) in [4.78, 5) is 13.0. The van der Waals surface area contributed by atoms with Crippen molar-refractivity contribution >= 4 is 33.0 Å². The third-order valence-electron chi connectivity index (χ3n) is 4.22. The molecule has 2 heterocycles. The molecular weight excluding hydrogens is 284 g/mol. The van der Waals surface area contributed by atoms with Crippen LogP contribution in [0.25, 0.3) is 10.1 Å². The van der Waals surface area contributed by atoms with Gasteiger partial charge in [0.05, 0.1) is 11.8 Å². The number of fused-ring (bicyclic) bond motifs is 1. The van der Waals surface area contributed by atoms with Crippen molar-refractivity contribution in [3.63, 3.8) is 0 Å². The van der Waals surface area contributed by atoms with E-state index < -0.39 is 0 Å². The number of rotatable bonds is 3. The molecule has 2 atom stereocenters. The molecular formula is C16H20N2O2S. The molecule has 1 fully saturated rings. The summed E-state index contributed by atoms with van der Waals surface area (Å²) in [5.74, 6) is 0.318. The van der Waals surface area contributed by atoms with Gasteiger partial charge in [-0.25, -0.2) is 0 Å². The second kappa shape index (κ2) is 5.66. The summed E-state index contributed by atoms with van der Waals surface area (Å²) in [7, 11) is 0. The number of aryl methyl sites for hydroxylation is 1. The normalized spacial score (nSPS) is 21.8. The molecule has 1 aliphatic heterocycles. The van der Waals surface area contributed by atoms with Crippen molar-refractivity contribution in [2.45, 2.75) is 26.4 Å². The van der Waals surface area contributed by atoms with Crippen LogP contribution in [-0.2, 0) is 4.74 Å². The lowest BCUT2D eigenvalue weighted by Crippen LogP contribution is -2.31. The van der Waals surface area contributed by atoms with Gasteiger partial charge in [-0.15, -0.1) is 11.3 Å². The highest BCUT2D eigenvalue weighted by molar-refractivity contribution is 7.21. The van der Waals surface area contributed by atoms with E-state index in [1.54, 1.807) is 0 Å². The second-order valence-corrected chi connectivity index (χ2v) is 6.65. The number of amides is 1. The van der Waals surface area contributed by atoms with Crippen LogP contribution >= 0.6 is 11.3 Å². The van der Waals surface area contributed by atoms with Crippen molar-refractivity contribution in [1.29, 1.82) is 0 Å². The molecule has 1 saturated heterocycles. The standard InChI is InChI=1S/C16H20N2O2S/c1-9-4-3-5-12-13(17)15(21-14(9)12)16(19)18-8-11-6-7-20-10(11)2/h3-5,10-11H,6-8,17H2,1-2H3,(H,18,19). The highest BCUT2D eigenvalue weighted by atomic mass is 32.1. The van der Waals surface area contributed by atoms with Gasteiger partial charge in [0.25, 0.3) is 5.91 Å². The fourth-order valence-corrected chi connectivity index (χ4v) is 3.90. The zero-order chi connectivity index (χ0) is 15.0. The van der Waals surface area contributed by atoms with Crippen LogP contribution in [0.2, 0.25) is 0 Å². The maximum atomic E-state index is 12.4. The Morgan fingerprint density at radius 3 is 3.00 bits per heavy atom. The summed E-state index contributed by atoms with van der Waals surface area (Å²) in [6.45, 7) is 5.52. The molecule has 4 nitrogen and oxygen atoms in total. The maximum absolute atomic E-state index is 12.4. The minimum Gasteiger partial charge on any atom is -0.397 e. The van der Waals surface area contributed by atoms with Gasteiger partial charge >= 0.3 is 0 Å². The van der Waals surface area contributed by atoms with Crippen LogP contribution < -0.4 is 11.1 Å². The average molecular weight is 304 g/mol. The van der Waals surface area contributed by atoms with Crippen LogP contribution in [0.5, 0.6) is 0 Å². The number of hydrogen-bond acceptors (Lipinski definition) is 4. The molecule has 1 aliphatic rings. The minimum atomic E-state index is -0.0767. The Hall–Kier alpha value is -1.59. The SMILES string of the molecule is Cc1cccc2c(N)c(C(=O)NCC3CCOC3C)sc12. The Labute approximate surface area is 128 Å². The second-order valence-electron chi connectivity index (χ2n) is 5.63. The van der Waals surface area contributed by atoms with E-state index in [2.05, 4.69) is 12.2 Å². The van der Waals surface area contributed by atoms with E-state index in [4.69, 9.17) is 10.5 Å². The number of carbonyl (C=O) groups is 1. The summed E-state index contributed by atoms with van der Waals surface area (Å²) in [5.41, 5.74) is 7.89. The van der Waals surface area contributed by atoms with Gasteiger partial charge in [-0.3, -0.25) is 4.79 Å². The number of nitrogens with one attached hydrogen (secondary N) is 1. The molecule has 2 aromatic rings. The zero-order valence-corrected chi connectivity index (χ0v) is 13.1. The monoisotopic (exact) mass is 304 g/mol. The Balaban J connectivity index is 1.78. The van der Waals surface area contributed by atoms with Gasteiger partial charge in [-0.05, 0) is 25.8 Å². The number of carbonyl (C=O) groups excluding carboxylic acids is 1. The molecule has 1 aromatic heterocycles. The summed E-state index contributed by atoms with van der Waals surface area (Å²) in [6.07, 6.45) is 1.22. The molecule has 0 spiro atoms. The van der Waals surface area contributed by atoms with Gasteiger partial charge in [-0.1, -0.05) is 18.2 Å². The number of hydrogen-bond donors (Lipinski definition) is 2. The van der Waals surface area contributed by atoms with E-state index in [0.29, 0.717) is 23.0 Å². The topological polar surface area (TPSA) is 64.4 Å².